The van der Waals surface area contributed by atoms with Crippen LogP contribution in [0.25, 0.3) is 0 Å². The maximum absolute atomic E-state index is 12.5. The molecule has 4 nitrogen and oxygen atoms in total. The topological polar surface area (TPSA) is 50.4 Å². The summed E-state index contributed by atoms with van der Waals surface area (Å²) in [6.45, 7) is 2.28. The lowest BCUT2D eigenvalue weighted by molar-refractivity contribution is -0.115. The van der Waals surface area contributed by atoms with E-state index in [-0.39, 0.29) is 11.2 Å². The molecule has 1 amide bonds. The predicted octanol–water partition coefficient (Wildman–Crippen LogP) is 2.82. The van der Waals surface area contributed by atoms with Gasteiger partial charge in [0.05, 0.1) is 5.25 Å². The molecule has 5 heteroatoms. The number of anilines is 1. The van der Waals surface area contributed by atoms with Gasteiger partial charge < -0.3 is 15.4 Å². The van der Waals surface area contributed by atoms with Crippen LogP contribution < -0.4 is 15.4 Å². The van der Waals surface area contributed by atoms with E-state index < -0.39 is 0 Å². The molecule has 2 aliphatic rings. The van der Waals surface area contributed by atoms with Gasteiger partial charge in [0, 0.05) is 29.2 Å². The molecular weight excluding hydrogens is 308 g/mol. The molecule has 0 aliphatic carbocycles. The molecule has 2 heterocycles. The van der Waals surface area contributed by atoms with E-state index in [1.165, 1.54) is 10.5 Å². The standard InChI is InChI=1S/C18H18N2O2S/c21-18(17-10-12-3-1-2-4-16(12)23-17)20-14-5-6-15-13(9-14)11-19-7-8-22-15/h1-6,9,17,19H,7-8,10-11H2,(H,20,21). The zero-order valence-electron chi connectivity index (χ0n) is 12.7. The quantitative estimate of drug-likeness (QED) is 0.891. The Bertz CT molecular complexity index is 723. The average Bonchev–Trinajstić information content (AvgIpc) is 2.87. The Kier molecular flexibility index (Phi) is 3.97. The van der Waals surface area contributed by atoms with Crippen molar-refractivity contribution in [1.82, 2.24) is 5.32 Å². The van der Waals surface area contributed by atoms with E-state index in [9.17, 15) is 4.79 Å². The minimum absolute atomic E-state index is 0.0550. The lowest BCUT2D eigenvalue weighted by Crippen LogP contribution is -2.24. The average molecular weight is 326 g/mol. The maximum Gasteiger partial charge on any atom is 0.238 e. The summed E-state index contributed by atoms with van der Waals surface area (Å²) in [6, 6.07) is 14.1. The Morgan fingerprint density at radius 2 is 2.13 bits per heavy atom. The Morgan fingerprint density at radius 1 is 1.22 bits per heavy atom. The van der Waals surface area contributed by atoms with Crippen molar-refractivity contribution in [3.8, 4) is 5.75 Å². The Balaban J connectivity index is 1.46. The molecular formula is C18H18N2O2S. The first kappa shape index (κ1) is 14.6. The molecule has 2 N–H and O–H groups in total. The van der Waals surface area contributed by atoms with Crippen LogP contribution in [0.5, 0.6) is 5.75 Å². The monoisotopic (exact) mass is 326 g/mol. The Hall–Kier alpha value is -1.98. The highest BCUT2D eigenvalue weighted by Gasteiger charge is 2.28. The van der Waals surface area contributed by atoms with E-state index in [4.69, 9.17) is 4.74 Å². The van der Waals surface area contributed by atoms with Crippen molar-refractivity contribution >= 4 is 23.4 Å². The molecule has 2 aromatic rings. The SMILES string of the molecule is O=C(Nc1ccc2c(c1)CNCCO2)C1Cc2ccccc2S1. The Morgan fingerprint density at radius 3 is 3.04 bits per heavy atom. The molecule has 0 saturated heterocycles. The van der Waals surface area contributed by atoms with Crippen LogP contribution in [0.1, 0.15) is 11.1 Å². The number of hydrogen-bond donors (Lipinski definition) is 2. The second kappa shape index (κ2) is 6.26. The number of ether oxygens (including phenoxy) is 1. The van der Waals surface area contributed by atoms with Crippen LogP contribution in [0.2, 0.25) is 0 Å². The summed E-state index contributed by atoms with van der Waals surface area (Å²) in [5.74, 6) is 0.962. The van der Waals surface area contributed by atoms with Crippen LogP contribution in [-0.2, 0) is 17.8 Å². The van der Waals surface area contributed by atoms with Crippen molar-refractivity contribution in [2.45, 2.75) is 23.1 Å². The number of nitrogens with one attached hydrogen (secondary N) is 2. The van der Waals surface area contributed by atoms with Crippen LogP contribution in [0, 0.1) is 0 Å². The second-order valence-electron chi connectivity index (χ2n) is 5.76. The number of carbonyl (C=O) groups is 1. The van der Waals surface area contributed by atoms with E-state index >= 15 is 0 Å². The third-order valence-corrected chi connectivity index (χ3v) is 5.44. The number of amides is 1. The molecule has 1 atom stereocenters. The summed E-state index contributed by atoms with van der Waals surface area (Å²) in [5, 5.41) is 6.30. The Labute approximate surface area is 139 Å². The summed E-state index contributed by atoms with van der Waals surface area (Å²) >= 11 is 1.65. The van der Waals surface area contributed by atoms with Gasteiger partial charge in [-0.15, -0.1) is 11.8 Å². The second-order valence-corrected chi connectivity index (χ2v) is 7.00. The molecule has 0 fully saturated rings. The van der Waals surface area contributed by atoms with Gasteiger partial charge in [0.15, 0.2) is 0 Å². The molecule has 23 heavy (non-hydrogen) atoms. The number of fused-ring (bicyclic) bond motifs is 2. The highest BCUT2D eigenvalue weighted by atomic mass is 32.2. The van der Waals surface area contributed by atoms with Crippen molar-refractivity contribution < 1.29 is 9.53 Å². The first-order valence-corrected chi connectivity index (χ1v) is 8.69. The van der Waals surface area contributed by atoms with E-state index in [0.717, 1.165) is 36.5 Å². The first-order valence-electron chi connectivity index (χ1n) is 7.81. The molecule has 0 spiro atoms. The highest BCUT2D eigenvalue weighted by Crippen LogP contribution is 2.37. The fourth-order valence-electron chi connectivity index (χ4n) is 2.94. The summed E-state index contributed by atoms with van der Waals surface area (Å²) in [6.07, 6.45) is 0.794. The highest BCUT2D eigenvalue weighted by molar-refractivity contribution is 8.01. The van der Waals surface area contributed by atoms with Crippen molar-refractivity contribution in [2.24, 2.45) is 0 Å². The van der Waals surface area contributed by atoms with Gasteiger partial charge in [0.1, 0.15) is 12.4 Å². The van der Waals surface area contributed by atoms with Gasteiger partial charge in [0.25, 0.3) is 0 Å². The predicted molar refractivity (Wildman–Crippen MR) is 92.1 cm³/mol. The van der Waals surface area contributed by atoms with Gasteiger partial charge in [0.2, 0.25) is 5.91 Å². The minimum Gasteiger partial charge on any atom is -0.492 e. The van der Waals surface area contributed by atoms with Crippen LogP contribution in [0.3, 0.4) is 0 Å². The minimum atomic E-state index is -0.0550. The van der Waals surface area contributed by atoms with Gasteiger partial charge in [-0.25, -0.2) is 0 Å². The summed E-state index contributed by atoms with van der Waals surface area (Å²) < 4.78 is 5.67. The molecule has 0 bridgehead atoms. The van der Waals surface area contributed by atoms with Crippen LogP contribution >= 0.6 is 11.8 Å². The zero-order valence-corrected chi connectivity index (χ0v) is 13.5. The molecule has 0 saturated carbocycles. The van der Waals surface area contributed by atoms with Crippen molar-refractivity contribution in [3.63, 3.8) is 0 Å². The van der Waals surface area contributed by atoms with Gasteiger partial charge in [-0.05, 0) is 36.2 Å². The van der Waals surface area contributed by atoms with E-state index in [0.29, 0.717) is 6.61 Å². The molecule has 118 valence electrons. The maximum atomic E-state index is 12.5. The van der Waals surface area contributed by atoms with Crippen LogP contribution in [0.15, 0.2) is 47.4 Å². The molecule has 1 unspecified atom stereocenters. The van der Waals surface area contributed by atoms with Gasteiger partial charge in [-0.2, -0.15) is 0 Å². The van der Waals surface area contributed by atoms with Crippen molar-refractivity contribution in [2.75, 3.05) is 18.5 Å². The lowest BCUT2D eigenvalue weighted by Gasteiger charge is -2.12. The zero-order chi connectivity index (χ0) is 15.6. The smallest absolute Gasteiger partial charge is 0.238 e. The van der Waals surface area contributed by atoms with Crippen molar-refractivity contribution in [3.05, 3.63) is 53.6 Å². The number of rotatable bonds is 2. The molecule has 4 rings (SSSR count). The largest absolute Gasteiger partial charge is 0.492 e. The number of hydrogen-bond acceptors (Lipinski definition) is 4. The molecule has 2 aliphatic heterocycles. The summed E-state index contributed by atoms with van der Waals surface area (Å²) in [7, 11) is 0. The lowest BCUT2D eigenvalue weighted by atomic mass is 10.1. The molecule has 2 aromatic carbocycles. The number of benzene rings is 2. The van der Waals surface area contributed by atoms with Gasteiger partial charge in [-0.3, -0.25) is 4.79 Å². The van der Waals surface area contributed by atoms with Gasteiger partial charge >= 0.3 is 0 Å². The molecule has 0 radical (unpaired) electrons. The third-order valence-electron chi connectivity index (χ3n) is 4.12. The summed E-state index contributed by atoms with van der Waals surface area (Å²) in [5.41, 5.74) is 3.18. The molecule has 0 aromatic heterocycles. The third kappa shape index (κ3) is 3.07. The van der Waals surface area contributed by atoms with Crippen molar-refractivity contribution in [1.29, 1.82) is 0 Å². The number of carbonyl (C=O) groups excluding carboxylic acids is 1. The van der Waals surface area contributed by atoms with Crippen LogP contribution in [-0.4, -0.2) is 24.3 Å². The normalized spacial score (nSPS) is 19.2. The fraction of sp³-hybridized carbons (Fsp3) is 0.278. The summed E-state index contributed by atoms with van der Waals surface area (Å²) in [4.78, 5) is 13.8. The number of thioether (sulfide) groups is 1. The van der Waals surface area contributed by atoms with Gasteiger partial charge in [-0.1, -0.05) is 18.2 Å². The fourth-order valence-corrected chi connectivity index (χ4v) is 4.14. The van der Waals surface area contributed by atoms with E-state index in [1.54, 1.807) is 11.8 Å². The van der Waals surface area contributed by atoms with E-state index in [1.807, 2.05) is 30.3 Å². The van der Waals surface area contributed by atoms with Crippen LogP contribution in [0.4, 0.5) is 5.69 Å². The van der Waals surface area contributed by atoms with E-state index in [2.05, 4.69) is 22.8 Å². The first-order chi connectivity index (χ1) is 11.3.